The van der Waals surface area contributed by atoms with Crippen LogP contribution in [0.4, 0.5) is 9.59 Å². The molecule has 4 aliphatic rings. The molecule has 0 spiro atoms. The number of hydrogen-bond acceptors (Lipinski definition) is 8. The number of urea groups is 2. The lowest BCUT2D eigenvalue weighted by atomic mass is 10.0. The normalized spacial score (nSPS) is 19.0. The number of ether oxygens (including phenoxy) is 2. The Balaban J connectivity index is 0.768. The van der Waals surface area contributed by atoms with E-state index in [-0.39, 0.29) is 36.0 Å². The third-order valence-electron chi connectivity index (χ3n) is 13.5. The van der Waals surface area contributed by atoms with Crippen LogP contribution in [0.3, 0.4) is 0 Å². The zero-order valence-corrected chi connectivity index (χ0v) is 38.9. The van der Waals surface area contributed by atoms with Gasteiger partial charge in [0.1, 0.15) is 23.7 Å². The van der Waals surface area contributed by atoms with Crippen molar-refractivity contribution < 1.29 is 28.7 Å². The van der Waals surface area contributed by atoms with Crippen LogP contribution in [0.25, 0.3) is 22.5 Å². The summed E-state index contributed by atoms with van der Waals surface area (Å²) in [6, 6.07) is 32.0. The Morgan fingerprint density at radius 3 is 1.30 bits per heavy atom. The molecule has 6 heterocycles. The molecule has 16 heteroatoms. The summed E-state index contributed by atoms with van der Waals surface area (Å²) in [6.45, 7) is 4.94. The van der Waals surface area contributed by atoms with Gasteiger partial charge < -0.3 is 49.7 Å². The molecule has 4 atom stereocenters. The SMILES string of the molecule is O=C(N[C@@H](C(=O)N1CCC[C@H]1c1ncc(-c2ccc(C#Cc3ccc(-c4cnc([C@@H]5CCCN5C(=O)[C@H](NC(=O)N5CCOCC5)c5ccccc5)[nH]4)cc3)cc2)[nH]1)c1ccccc1)N1CCOCC1. The number of carbonyl (C=O) groups is 4. The van der Waals surface area contributed by atoms with Gasteiger partial charge in [-0.25, -0.2) is 19.6 Å². The third kappa shape index (κ3) is 10.3. The molecule has 4 aromatic carbocycles. The highest BCUT2D eigenvalue weighted by Gasteiger charge is 2.39. The van der Waals surface area contributed by atoms with Crippen molar-refractivity contribution in [2.45, 2.75) is 49.9 Å². The van der Waals surface area contributed by atoms with Gasteiger partial charge in [0.2, 0.25) is 11.8 Å². The van der Waals surface area contributed by atoms with Gasteiger partial charge in [-0.3, -0.25) is 9.59 Å². The average molecular weight is 941 g/mol. The first-order chi connectivity index (χ1) is 34.4. The molecule has 0 bridgehead atoms. The van der Waals surface area contributed by atoms with Crippen molar-refractivity contribution in [2.24, 2.45) is 0 Å². The maximum absolute atomic E-state index is 14.3. The van der Waals surface area contributed by atoms with Gasteiger partial charge in [0.25, 0.3) is 0 Å². The molecule has 4 aliphatic heterocycles. The molecule has 6 aromatic rings. The van der Waals surface area contributed by atoms with Gasteiger partial charge in [-0.2, -0.15) is 0 Å². The minimum absolute atomic E-state index is 0.163. The number of likely N-dealkylation sites (tertiary alicyclic amines) is 2. The summed E-state index contributed by atoms with van der Waals surface area (Å²) in [5.41, 5.74) is 6.74. The van der Waals surface area contributed by atoms with Crippen LogP contribution in [0.15, 0.2) is 122 Å². The van der Waals surface area contributed by atoms with Crippen molar-refractivity contribution in [2.75, 3.05) is 65.7 Å². The van der Waals surface area contributed by atoms with E-state index in [9.17, 15) is 19.2 Å². The molecular formula is C54H56N10O6. The summed E-state index contributed by atoms with van der Waals surface area (Å²) in [5, 5.41) is 6.04. The van der Waals surface area contributed by atoms with Crippen LogP contribution < -0.4 is 10.6 Å². The second kappa shape index (κ2) is 21.3. The Morgan fingerprint density at radius 2 is 0.914 bits per heavy atom. The number of aromatic amines is 2. The van der Waals surface area contributed by atoms with E-state index in [2.05, 4.69) is 32.4 Å². The first kappa shape index (κ1) is 46.0. The highest BCUT2D eigenvalue weighted by molar-refractivity contribution is 5.89. The first-order valence-electron chi connectivity index (χ1n) is 24.2. The number of imidazole rings is 2. The second-order valence-corrected chi connectivity index (χ2v) is 17.9. The Labute approximate surface area is 406 Å². The second-order valence-electron chi connectivity index (χ2n) is 17.9. The molecule has 0 aliphatic carbocycles. The van der Waals surface area contributed by atoms with Crippen LogP contribution in [-0.4, -0.2) is 129 Å². The lowest BCUT2D eigenvalue weighted by Gasteiger charge is -2.32. The zero-order valence-electron chi connectivity index (χ0n) is 38.9. The predicted octanol–water partition coefficient (Wildman–Crippen LogP) is 6.76. The topological polar surface area (TPSA) is 181 Å². The van der Waals surface area contributed by atoms with Crippen molar-refractivity contribution in [3.05, 3.63) is 155 Å². The molecule has 16 nitrogen and oxygen atoms in total. The number of H-pyrrole nitrogens is 2. The molecule has 0 unspecified atom stereocenters. The van der Waals surface area contributed by atoms with Gasteiger partial charge in [0.15, 0.2) is 0 Å². The number of rotatable bonds is 10. The van der Waals surface area contributed by atoms with Crippen molar-refractivity contribution in [3.63, 3.8) is 0 Å². The molecule has 0 saturated carbocycles. The average Bonchev–Trinajstić information content (AvgIpc) is 4.28. The zero-order chi connectivity index (χ0) is 47.8. The standard InChI is InChI=1S/C54H56N10O6/c65-51(47(41-9-3-1-4-10-41)59-53(67)61-27-31-69-32-28-61)63-25-7-13-45(63)49-55-35-43(57-49)39-21-17-37(18-22-39)15-16-38-19-23-40(24-20-38)44-36-56-50(58-44)46-14-8-26-64(46)52(66)48(42-11-5-2-6-12-42)60-54(68)62-29-33-70-34-30-62/h1-6,9-12,17-24,35-36,45-48H,7-8,13-14,25-34H2,(H,55,57)(H,56,58)(H,59,67)(H,60,68)/t45-,46-,47+,48+/m0/s1. The maximum Gasteiger partial charge on any atom is 0.318 e. The Morgan fingerprint density at radius 1 is 0.529 bits per heavy atom. The number of morpholine rings is 2. The number of nitrogens with one attached hydrogen (secondary N) is 4. The number of benzene rings is 4. The largest absolute Gasteiger partial charge is 0.378 e. The molecule has 4 saturated heterocycles. The van der Waals surface area contributed by atoms with Crippen LogP contribution >= 0.6 is 0 Å². The molecule has 4 fully saturated rings. The monoisotopic (exact) mass is 940 g/mol. The molecular weight excluding hydrogens is 885 g/mol. The molecule has 358 valence electrons. The van der Waals surface area contributed by atoms with E-state index in [1.807, 2.05) is 119 Å². The van der Waals surface area contributed by atoms with E-state index < -0.39 is 12.1 Å². The van der Waals surface area contributed by atoms with Gasteiger partial charge in [0, 0.05) is 50.4 Å². The first-order valence-corrected chi connectivity index (χ1v) is 24.2. The van der Waals surface area contributed by atoms with Crippen molar-refractivity contribution in [1.29, 1.82) is 0 Å². The van der Waals surface area contributed by atoms with Crippen molar-refractivity contribution in [1.82, 2.24) is 50.2 Å². The number of carbonyl (C=O) groups excluding carboxylic acids is 4. The minimum atomic E-state index is -0.833. The molecule has 4 N–H and O–H groups in total. The summed E-state index contributed by atoms with van der Waals surface area (Å²) in [6.07, 6.45) is 6.77. The van der Waals surface area contributed by atoms with E-state index in [1.54, 1.807) is 22.2 Å². The smallest absolute Gasteiger partial charge is 0.318 e. The summed E-state index contributed by atoms with van der Waals surface area (Å²) in [7, 11) is 0. The summed E-state index contributed by atoms with van der Waals surface area (Å²) >= 11 is 0. The summed E-state index contributed by atoms with van der Waals surface area (Å²) in [4.78, 5) is 78.7. The van der Waals surface area contributed by atoms with Crippen LogP contribution in [0.5, 0.6) is 0 Å². The van der Waals surface area contributed by atoms with Crippen molar-refractivity contribution in [3.8, 4) is 34.4 Å². The molecule has 6 amide bonds. The van der Waals surface area contributed by atoms with Crippen LogP contribution in [-0.2, 0) is 19.1 Å². The highest BCUT2D eigenvalue weighted by atomic mass is 16.5. The minimum Gasteiger partial charge on any atom is -0.378 e. The number of hydrogen-bond donors (Lipinski definition) is 4. The lowest BCUT2D eigenvalue weighted by Crippen LogP contribution is -2.50. The van der Waals surface area contributed by atoms with Gasteiger partial charge >= 0.3 is 12.1 Å². The molecule has 70 heavy (non-hydrogen) atoms. The molecule has 10 rings (SSSR count). The fourth-order valence-corrected chi connectivity index (χ4v) is 9.71. The van der Waals surface area contributed by atoms with Gasteiger partial charge in [-0.05, 0) is 72.2 Å². The maximum atomic E-state index is 14.3. The third-order valence-corrected chi connectivity index (χ3v) is 13.5. The fourth-order valence-electron chi connectivity index (χ4n) is 9.71. The lowest BCUT2D eigenvalue weighted by molar-refractivity contribution is -0.135. The Bertz CT molecular complexity index is 2640. The molecule has 2 aromatic heterocycles. The Kier molecular flexibility index (Phi) is 14.0. The van der Waals surface area contributed by atoms with Crippen molar-refractivity contribution >= 4 is 23.9 Å². The van der Waals surface area contributed by atoms with E-state index >= 15 is 0 Å². The van der Waals surface area contributed by atoms with Crippen LogP contribution in [0, 0.1) is 11.8 Å². The summed E-state index contributed by atoms with van der Waals surface area (Å²) < 4.78 is 10.9. The van der Waals surface area contributed by atoms with E-state index in [0.29, 0.717) is 77.3 Å². The number of aromatic nitrogens is 4. The van der Waals surface area contributed by atoms with Crippen LogP contribution in [0.1, 0.15) is 83.8 Å². The van der Waals surface area contributed by atoms with Gasteiger partial charge in [-0.1, -0.05) is 96.8 Å². The van der Waals surface area contributed by atoms with Crippen LogP contribution in [0.2, 0.25) is 0 Å². The number of amides is 6. The summed E-state index contributed by atoms with van der Waals surface area (Å²) in [5.74, 6) is 7.66. The predicted molar refractivity (Wildman–Crippen MR) is 262 cm³/mol. The quantitative estimate of drug-likeness (QED) is 0.109. The van der Waals surface area contributed by atoms with Gasteiger partial charge in [-0.15, -0.1) is 0 Å². The fraction of sp³-hybridized carbons (Fsp3) is 0.333. The van der Waals surface area contributed by atoms with Gasteiger partial charge in [0.05, 0.1) is 62.3 Å². The molecule has 0 radical (unpaired) electrons. The number of nitrogens with zero attached hydrogens (tertiary/aromatic N) is 6. The Hall–Kier alpha value is -7.74. The highest BCUT2D eigenvalue weighted by Crippen LogP contribution is 2.36. The van der Waals surface area contributed by atoms with E-state index in [0.717, 1.165) is 70.5 Å². The van der Waals surface area contributed by atoms with E-state index in [4.69, 9.17) is 19.4 Å². The van der Waals surface area contributed by atoms with E-state index in [1.165, 1.54) is 0 Å².